The molecular formula is C26H28Cl2FN. The molecule has 1 aliphatic heterocycles. The van der Waals surface area contributed by atoms with Crippen molar-refractivity contribution in [1.29, 1.82) is 0 Å². The molecule has 0 radical (unpaired) electrons. The Morgan fingerprint density at radius 3 is 1.80 bits per heavy atom. The number of hydrogen-bond acceptors (Lipinski definition) is 1. The minimum absolute atomic E-state index is 0. The zero-order chi connectivity index (χ0) is 20.1. The third kappa shape index (κ3) is 5.43. The van der Waals surface area contributed by atoms with Gasteiger partial charge in [0, 0.05) is 24.0 Å². The first-order chi connectivity index (χ1) is 14.1. The van der Waals surface area contributed by atoms with Crippen LogP contribution in [0.25, 0.3) is 0 Å². The van der Waals surface area contributed by atoms with Gasteiger partial charge in [-0.2, -0.15) is 0 Å². The molecule has 0 spiro atoms. The molecule has 1 saturated heterocycles. The van der Waals surface area contributed by atoms with E-state index in [4.69, 9.17) is 11.6 Å². The van der Waals surface area contributed by atoms with Crippen LogP contribution in [0.1, 0.15) is 41.9 Å². The number of halogens is 3. The zero-order valence-corrected chi connectivity index (χ0v) is 18.6. The van der Waals surface area contributed by atoms with E-state index in [1.807, 2.05) is 12.1 Å². The molecule has 0 aromatic heterocycles. The summed E-state index contributed by atoms with van der Waals surface area (Å²) in [5.74, 6) is 0.366. The molecule has 30 heavy (non-hydrogen) atoms. The molecule has 0 bridgehead atoms. The highest BCUT2D eigenvalue weighted by Gasteiger charge is 2.36. The summed E-state index contributed by atoms with van der Waals surface area (Å²) in [6, 6.07) is 28.6. The fourth-order valence-electron chi connectivity index (χ4n) is 4.38. The number of alkyl halides is 1. The van der Waals surface area contributed by atoms with Crippen LogP contribution in [0, 0.1) is 0 Å². The van der Waals surface area contributed by atoms with E-state index in [0.717, 1.165) is 31.6 Å². The summed E-state index contributed by atoms with van der Waals surface area (Å²) < 4.78 is 15.5. The van der Waals surface area contributed by atoms with Crippen molar-refractivity contribution in [2.45, 2.75) is 30.8 Å². The van der Waals surface area contributed by atoms with Crippen LogP contribution in [0.2, 0.25) is 5.02 Å². The average molecular weight is 444 g/mol. The summed E-state index contributed by atoms with van der Waals surface area (Å²) in [7, 11) is 0. The van der Waals surface area contributed by atoms with Gasteiger partial charge in [-0.25, -0.2) is 4.39 Å². The molecule has 1 heterocycles. The Bertz CT molecular complexity index is 852. The van der Waals surface area contributed by atoms with Crippen LogP contribution in [0.3, 0.4) is 0 Å². The van der Waals surface area contributed by atoms with Crippen molar-refractivity contribution >= 4 is 24.0 Å². The molecule has 1 fully saturated rings. The standard InChI is InChI=1S/C26H27ClFN.ClH/c27-24-13-11-23(12-14-24)26(28)16-19-29(20-17-26)18-15-25(21-7-3-1-4-8-21)22-9-5-2-6-10-22;/h1-14,25H,15-20H2;1H. The van der Waals surface area contributed by atoms with Gasteiger partial charge in [-0.15, -0.1) is 12.4 Å². The molecule has 3 aromatic rings. The fourth-order valence-corrected chi connectivity index (χ4v) is 4.50. The van der Waals surface area contributed by atoms with E-state index in [1.165, 1.54) is 11.1 Å². The van der Waals surface area contributed by atoms with E-state index in [1.54, 1.807) is 12.1 Å². The predicted molar refractivity (Wildman–Crippen MR) is 127 cm³/mol. The molecule has 3 aromatic carbocycles. The van der Waals surface area contributed by atoms with Crippen LogP contribution in [0.15, 0.2) is 84.9 Å². The summed E-state index contributed by atoms with van der Waals surface area (Å²) in [5, 5.41) is 0.655. The maximum atomic E-state index is 15.5. The second-order valence-corrected chi connectivity index (χ2v) is 8.41. The Kier molecular flexibility index (Phi) is 7.93. The first-order valence-electron chi connectivity index (χ1n) is 10.4. The quantitative estimate of drug-likeness (QED) is 0.387. The van der Waals surface area contributed by atoms with E-state index in [-0.39, 0.29) is 12.4 Å². The number of nitrogens with zero attached hydrogens (tertiary/aromatic N) is 1. The normalized spacial score (nSPS) is 16.2. The molecule has 0 N–H and O–H groups in total. The van der Waals surface area contributed by atoms with Crippen LogP contribution in [0.5, 0.6) is 0 Å². The Morgan fingerprint density at radius 1 is 0.800 bits per heavy atom. The van der Waals surface area contributed by atoms with Crippen LogP contribution < -0.4 is 0 Å². The van der Waals surface area contributed by atoms with Crippen LogP contribution in [-0.4, -0.2) is 24.5 Å². The molecular weight excluding hydrogens is 416 g/mol. The van der Waals surface area contributed by atoms with Crippen molar-refractivity contribution in [3.05, 3.63) is 107 Å². The van der Waals surface area contributed by atoms with Gasteiger partial charge in [0.15, 0.2) is 0 Å². The fraction of sp³-hybridized carbons (Fsp3) is 0.308. The molecule has 0 atom stereocenters. The zero-order valence-electron chi connectivity index (χ0n) is 17.0. The topological polar surface area (TPSA) is 3.24 Å². The van der Waals surface area contributed by atoms with Crippen LogP contribution in [0.4, 0.5) is 4.39 Å². The number of likely N-dealkylation sites (tertiary alicyclic amines) is 1. The molecule has 0 amide bonds. The Morgan fingerprint density at radius 2 is 1.30 bits per heavy atom. The van der Waals surface area contributed by atoms with Crippen molar-refractivity contribution in [3.63, 3.8) is 0 Å². The van der Waals surface area contributed by atoms with E-state index in [2.05, 4.69) is 65.6 Å². The Labute approximate surface area is 190 Å². The van der Waals surface area contributed by atoms with Crippen LogP contribution >= 0.6 is 24.0 Å². The van der Waals surface area contributed by atoms with Gasteiger partial charge in [0.2, 0.25) is 0 Å². The van der Waals surface area contributed by atoms with E-state index in [0.29, 0.717) is 23.8 Å². The van der Waals surface area contributed by atoms with Crippen molar-refractivity contribution in [1.82, 2.24) is 4.90 Å². The molecule has 158 valence electrons. The van der Waals surface area contributed by atoms with Gasteiger partial charge < -0.3 is 4.90 Å². The highest BCUT2D eigenvalue weighted by Crippen LogP contribution is 2.38. The van der Waals surface area contributed by atoms with E-state index >= 15 is 4.39 Å². The summed E-state index contributed by atoms with van der Waals surface area (Å²) in [6.45, 7) is 2.55. The first kappa shape index (κ1) is 22.8. The highest BCUT2D eigenvalue weighted by atomic mass is 35.5. The predicted octanol–water partition coefficient (Wildman–Crippen LogP) is 7.24. The maximum absolute atomic E-state index is 15.5. The largest absolute Gasteiger partial charge is 0.303 e. The highest BCUT2D eigenvalue weighted by molar-refractivity contribution is 6.30. The molecule has 0 unspecified atom stereocenters. The molecule has 4 heteroatoms. The third-order valence-electron chi connectivity index (χ3n) is 6.15. The smallest absolute Gasteiger partial charge is 0.138 e. The van der Waals surface area contributed by atoms with E-state index in [9.17, 15) is 0 Å². The molecule has 4 rings (SSSR count). The summed E-state index contributed by atoms with van der Waals surface area (Å²) in [4.78, 5) is 2.41. The van der Waals surface area contributed by atoms with Crippen LogP contribution in [-0.2, 0) is 5.67 Å². The first-order valence-corrected chi connectivity index (χ1v) is 10.8. The summed E-state index contributed by atoms with van der Waals surface area (Å²) in [5.41, 5.74) is 2.21. The number of hydrogen-bond donors (Lipinski definition) is 0. The minimum Gasteiger partial charge on any atom is -0.303 e. The van der Waals surface area contributed by atoms with Crippen molar-refractivity contribution in [3.8, 4) is 0 Å². The Hall–Kier alpha value is -1.87. The van der Waals surface area contributed by atoms with Gasteiger partial charge in [0.05, 0.1) is 0 Å². The van der Waals surface area contributed by atoms with Gasteiger partial charge >= 0.3 is 0 Å². The van der Waals surface area contributed by atoms with Crippen molar-refractivity contribution in [2.75, 3.05) is 19.6 Å². The SMILES string of the molecule is Cl.FC1(c2ccc(Cl)cc2)CCN(CCC(c2ccccc2)c2ccccc2)CC1. The molecule has 1 nitrogen and oxygen atoms in total. The lowest BCUT2D eigenvalue weighted by Gasteiger charge is -2.37. The third-order valence-corrected chi connectivity index (χ3v) is 6.40. The van der Waals surface area contributed by atoms with Gasteiger partial charge in [0.1, 0.15) is 5.67 Å². The lowest BCUT2D eigenvalue weighted by molar-refractivity contribution is 0.0551. The second kappa shape index (κ2) is 10.4. The van der Waals surface area contributed by atoms with E-state index < -0.39 is 5.67 Å². The van der Waals surface area contributed by atoms with Gasteiger partial charge in [0.25, 0.3) is 0 Å². The number of benzene rings is 3. The number of piperidine rings is 1. The average Bonchev–Trinajstić information content (AvgIpc) is 2.77. The monoisotopic (exact) mass is 443 g/mol. The summed E-state index contributed by atoms with van der Waals surface area (Å²) in [6.07, 6.45) is 2.11. The van der Waals surface area contributed by atoms with Gasteiger partial charge in [-0.05, 0) is 54.6 Å². The lowest BCUT2D eigenvalue weighted by Crippen LogP contribution is -2.40. The second-order valence-electron chi connectivity index (χ2n) is 7.98. The number of rotatable bonds is 6. The van der Waals surface area contributed by atoms with Gasteiger partial charge in [-0.1, -0.05) is 84.4 Å². The minimum atomic E-state index is -1.24. The molecule has 0 saturated carbocycles. The van der Waals surface area contributed by atoms with Gasteiger partial charge in [-0.3, -0.25) is 0 Å². The van der Waals surface area contributed by atoms with Crippen molar-refractivity contribution < 1.29 is 4.39 Å². The van der Waals surface area contributed by atoms with Crippen molar-refractivity contribution in [2.24, 2.45) is 0 Å². The molecule has 0 aliphatic carbocycles. The maximum Gasteiger partial charge on any atom is 0.138 e. The Balaban J connectivity index is 0.00000256. The lowest BCUT2D eigenvalue weighted by atomic mass is 9.85. The summed E-state index contributed by atoms with van der Waals surface area (Å²) >= 11 is 5.96. The molecule has 1 aliphatic rings.